The van der Waals surface area contributed by atoms with E-state index in [4.69, 9.17) is 32.9 Å². The van der Waals surface area contributed by atoms with E-state index in [-0.39, 0.29) is 6.42 Å². The molecule has 0 radical (unpaired) electrons. The molecule has 0 fully saturated rings. The minimum atomic E-state index is -0.485. The lowest BCUT2D eigenvalue weighted by atomic mass is 10.2. The maximum absolute atomic E-state index is 11.0. The van der Waals surface area contributed by atoms with Crippen LogP contribution in [0.2, 0.25) is 10.0 Å². The SMILES string of the molecule is N#CCC(=O)N/N=C\c1ccc(-c2ccc(Cl)cc2Cl)o1. The molecular weight excluding hydrogens is 313 g/mol. The summed E-state index contributed by atoms with van der Waals surface area (Å²) in [5, 5.41) is 13.0. The van der Waals surface area contributed by atoms with Crippen LogP contribution < -0.4 is 5.43 Å². The Balaban J connectivity index is 2.10. The number of amides is 1. The third-order valence-corrected chi connectivity index (χ3v) is 2.99. The van der Waals surface area contributed by atoms with E-state index in [2.05, 4.69) is 10.5 Å². The first-order valence-electron chi connectivity index (χ1n) is 5.84. The molecule has 7 heteroatoms. The molecule has 106 valence electrons. The fraction of sp³-hybridized carbons (Fsp3) is 0.0714. The van der Waals surface area contributed by atoms with Crippen LogP contribution in [0.1, 0.15) is 12.2 Å². The van der Waals surface area contributed by atoms with E-state index in [1.807, 2.05) is 0 Å². The second kappa shape index (κ2) is 6.93. The minimum Gasteiger partial charge on any atom is -0.455 e. The van der Waals surface area contributed by atoms with Crippen molar-refractivity contribution in [3.05, 3.63) is 46.1 Å². The normalized spacial score (nSPS) is 10.5. The molecule has 0 saturated heterocycles. The highest BCUT2D eigenvalue weighted by Crippen LogP contribution is 2.31. The average Bonchev–Trinajstić information content (AvgIpc) is 2.87. The third kappa shape index (κ3) is 4.09. The number of rotatable bonds is 4. The van der Waals surface area contributed by atoms with Gasteiger partial charge in [0.2, 0.25) is 0 Å². The quantitative estimate of drug-likeness (QED) is 0.690. The maximum atomic E-state index is 11.0. The van der Waals surface area contributed by atoms with Crippen LogP contribution in [0.5, 0.6) is 0 Å². The van der Waals surface area contributed by atoms with Gasteiger partial charge in [-0.25, -0.2) is 5.43 Å². The molecule has 0 saturated carbocycles. The molecule has 2 aromatic rings. The Bertz CT molecular complexity index is 732. The molecule has 1 aromatic carbocycles. The number of benzene rings is 1. The van der Waals surface area contributed by atoms with Gasteiger partial charge in [-0.1, -0.05) is 23.2 Å². The molecule has 0 bridgehead atoms. The van der Waals surface area contributed by atoms with Crippen molar-refractivity contribution >= 4 is 35.3 Å². The van der Waals surface area contributed by atoms with Crippen molar-refractivity contribution in [2.75, 3.05) is 0 Å². The molecular formula is C14H9Cl2N3O2. The van der Waals surface area contributed by atoms with Gasteiger partial charge >= 0.3 is 0 Å². The summed E-state index contributed by atoms with van der Waals surface area (Å²) in [6.45, 7) is 0. The standard InChI is InChI=1S/C14H9Cl2N3O2/c15-9-1-3-11(12(16)7-9)13-4-2-10(21-13)8-18-19-14(20)5-6-17/h1-4,7-8H,5H2,(H,19,20)/b18-8-. The van der Waals surface area contributed by atoms with Crippen LogP contribution in [-0.4, -0.2) is 12.1 Å². The lowest BCUT2D eigenvalue weighted by Crippen LogP contribution is -2.15. The number of nitriles is 1. The number of nitrogens with one attached hydrogen (secondary N) is 1. The fourth-order valence-electron chi connectivity index (χ4n) is 1.54. The number of halogens is 2. The van der Waals surface area contributed by atoms with E-state index in [1.54, 1.807) is 36.4 Å². The number of furan rings is 1. The third-order valence-electron chi connectivity index (χ3n) is 2.44. The van der Waals surface area contributed by atoms with Crippen molar-refractivity contribution in [2.45, 2.75) is 6.42 Å². The van der Waals surface area contributed by atoms with E-state index in [1.165, 1.54) is 6.21 Å². The molecule has 2 rings (SSSR count). The van der Waals surface area contributed by atoms with Crippen molar-refractivity contribution in [2.24, 2.45) is 5.10 Å². The summed E-state index contributed by atoms with van der Waals surface area (Å²) in [4.78, 5) is 11.0. The van der Waals surface area contributed by atoms with Gasteiger partial charge in [0.1, 0.15) is 17.9 Å². The Morgan fingerprint density at radius 3 is 2.90 bits per heavy atom. The topological polar surface area (TPSA) is 78.4 Å². The number of hydrogen-bond donors (Lipinski definition) is 1. The smallest absolute Gasteiger partial charge is 0.254 e. The van der Waals surface area contributed by atoms with Gasteiger partial charge in [0.25, 0.3) is 5.91 Å². The molecule has 21 heavy (non-hydrogen) atoms. The Morgan fingerprint density at radius 1 is 1.38 bits per heavy atom. The second-order valence-electron chi connectivity index (χ2n) is 3.95. The van der Waals surface area contributed by atoms with Gasteiger partial charge < -0.3 is 4.42 Å². The van der Waals surface area contributed by atoms with Gasteiger partial charge in [-0.05, 0) is 30.3 Å². The van der Waals surface area contributed by atoms with Gasteiger partial charge in [0, 0.05) is 10.6 Å². The van der Waals surface area contributed by atoms with Crippen LogP contribution in [-0.2, 0) is 4.79 Å². The summed E-state index contributed by atoms with van der Waals surface area (Å²) >= 11 is 11.9. The zero-order chi connectivity index (χ0) is 15.2. The summed E-state index contributed by atoms with van der Waals surface area (Å²) in [5.41, 5.74) is 2.91. The monoisotopic (exact) mass is 321 g/mol. The number of carbonyl (C=O) groups is 1. The number of nitrogens with zero attached hydrogens (tertiary/aromatic N) is 2. The van der Waals surface area contributed by atoms with Gasteiger partial charge in [0.15, 0.2) is 0 Å². The minimum absolute atomic E-state index is 0.249. The zero-order valence-electron chi connectivity index (χ0n) is 10.6. The molecule has 1 heterocycles. The summed E-state index contributed by atoms with van der Waals surface area (Å²) in [6.07, 6.45) is 1.09. The molecule has 0 atom stereocenters. The van der Waals surface area contributed by atoms with Gasteiger partial charge in [0.05, 0.1) is 17.3 Å². The molecule has 0 aliphatic rings. The van der Waals surface area contributed by atoms with Crippen molar-refractivity contribution in [3.8, 4) is 17.4 Å². The van der Waals surface area contributed by atoms with E-state index in [0.29, 0.717) is 27.1 Å². The van der Waals surface area contributed by atoms with E-state index < -0.39 is 5.91 Å². The highest BCUT2D eigenvalue weighted by molar-refractivity contribution is 6.36. The van der Waals surface area contributed by atoms with E-state index in [9.17, 15) is 4.79 Å². The highest BCUT2D eigenvalue weighted by atomic mass is 35.5. The van der Waals surface area contributed by atoms with Gasteiger partial charge in [-0.3, -0.25) is 4.79 Å². The molecule has 1 amide bonds. The number of hydrazone groups is 1. The highest BCUT2D eigenvalue weighted by Gasteiger charge is 2.08. The first-order chi connectivity index (χ1) is 10.1. The predicted octanol–water partition coefficient (Wildman–Crippen LogP) is 3.62. The van der Waals surface area contributed by atoms with Crippen molar-refractivity contribution < 1.29 is 9.21 Å². The Morgan fingerprint density at radius 2 is 2.19 bits per heavy atom. The molecule has 5 nitrogen and oxygen atoms in total. The number of carbonyl (C=O) groups excluding carboxylic acids is 1. The van der Waals surface area contributed by atoms with Crippen molar-refractivity contribution in [1.29, 1.82) is 5.26 Å². The van der Waals surface area contributed by atoms with Crippen LogP contribution in [0, 0.1) is 11.3 Å². The lowest BCUT2D eigenvalue weighted by molar-refractivity contribution is -0.120. The summed E-state index contributed by atoms with van der Waals surface area (Å²) < 4.78 is 5.54. The predicted molar refractivity (Wildman–Crippen MR) is 80.1 cm³/mol. The summed E-state index contributed by atoms with van der Waals surface area (Å²) in [5.74, 6) is 0.510. The van der Waals surface area contributed by atoms with Crippen LogP contribution >= 0.6 is 23.2 Å². The Hall–Kier alpha value is -2.29. The molecule has 0 aliphatic carbocycles. The number of hydrogen-bond acceptors (Lipinski definition) is 4. The fourth-order valence-corrected chi connectivity index (χ4v) is 2.04. The van der Waals surface area contributed by atoms with Gasteiger partial charge in [-0.2, -0.15) is 10.4 Å². The van der Waals surface area contributed by atoms with Gasteiger partial charge in [-0.15, -0.1) is 0 Å². The molecule has 0 unspecified atom stereocenters. The van der Waals surface area contributed by atoms with Crippen LogP contribution in [0.3, 0.4) is 0 Å². The molecule has 0 aliphatic heterocycles. The Kier molecular flexibility index (Phi) is 4.99. The zero-order valence-corrected chi connectivity index (χ0v) is 12.1. The second-order valence-corrected chi connectivity index (χ2v) is 4.80. The molecule has 1 aromatic heterocycles. The van der Waals surface area contributed by atoms with Crippen LogP contribution in [0.15, 0.2) is 39.9 Å². The Labute approximate surface area is 130 Å². The van der Waals surface area contributed by atoms with E-state index in [0.717, 1.165) is 0 Å². The first-order valence-corrected chi connectivity index (χ1v) is 6.60. The molecule has 0 spiro atoms. The van der Waals surface area contributed by atoms with E-state index >= 15 is 0 Å². The molecule has 1 N–H and O–H groups in total. The maximum Gasteiger partial charge on any atom is 0.254 e. The van der Waals surface area contributed by atoms with Crippen LogP contribution in [0.4, 0.5) is 0 Å². The van der Waals surface area contributed by atoms with Crippen LogP contribution in [0.25, 0.3) is 11.3 Å². The van der Waals surface area contributed by atoms with Crippen molar-refractivity contribution in [1.82, 2.24) is 5.43 Å². The largest absolute Gasteiger partial charge is 0.455 e. The van der Waals surface area contributed by atoms with Crippen molar-refractivity contribution in [3.63, 3.8) is 0 Å². The summed E-state index contributed by atoms with van der Waals surface area (Å²) in [7, 11) is 0. The first kappa shape index (κ1) is 15.1. The average molecular weight is 322 g/mol. The lowest BCUT2D eigenvalue weighted by Gasteiger charge is -2.00. The summed E-state index contributed by atoms with van der Waals surface area (Å²) in [6, 6.07) is 10.2.